The molecule has 2 aliphatic rings. The van der Waals surface area contributed by atoms with Gasteiger partial charge in [0.05, 0.1) is 12.5 Å². The number of halogens is 1. The van der Waals surface area contributed by atoms with Crippen molar-refractivity contribution in [2.45, 2.75) is 5.92 Å². The van der Waals surface area contributed by atoms with Crippen LogP contribution in [0.25, 0.3) is 0 Å². The highest BCUT2D eigenvalue weighted by atomic mass is 35.5. The predicted octanol–water partition coefficient (Wildman–Crippen LogP) is 2.23. The average Bonchev–Trinajstić information content (AvgIpc) is 2.79. The van der Waals surface area contributed by atoms with Crippen molar-refractivity contribution in [1.29, 1.82) is 0 Å². The molecule has 3 heteroatoms. The fourth-order valence-electron chi connectivity index (χ4n) is 2.32. The SMILES string of the molecule is O=C1OC[C@@H]2[C@H]1[C@@H]2c1ccc(Cl)cc1. The molecule has 2 nitrogen and oxygen atoms in total. The number of esters is 1. The van der Waals surface area contributed by atoms with Gasteiger partial charge in [0, 0.05) is 16.9 Å². The number of hydrogen-bond donors (Lipinski definition) is 0. The highest BCUT2D eigenvalue weighted by molar-refractivity contribution is 6.30. The van der Waals surface area contributed by atoms with E-state index < -0.39 is 0 Å². The van der Waals surface area contributed by atoms with Gasteiger partial charge in [-0.3, -0.25) is 4.79 Å². The Bertz CT molecular complexity index is 385. The molecule has 0 bridgehead atoms. The van der Waals surface area contributed by atoms with Gasteiger partial charge < -0.3 is 4.74 Å². The molecule has 72 valence electrons. The van der Waals surface area contributed by atoms with Crippen molar-refractivity contribution < 1.29 is 9.53 Å². The highest BCUT2D eigenvalue weighted by Gasteiger charge is 2.60. The van der Waals surface area contributed by atoms with E-state index in [-0.39, 0.29) is 11.9 Å². The Morgan fingerprint density at radius 2 is 1.93 bits per heavy atom. The highest BCUT2D eigenvalue weighted by Crippen LogP contribution is 2.58. The van der Waals surface area contributed by atoms with E-state index in [1.165, 1.54) is 5.56 Å². The monoisotopic (exact) mass is 208 g/mol. The van der Waals surface area contributed by atoms with Gasteiger partial charge in [0.15, 0.2) is 0 Å². The molecule has 0 aromatic heterocycles. The molecule has 3 atom stereocenters. The fourth-order valence-corrected chi connectivity index (χ4v) is 2.44. The lowest BCUT2D eigenvalue weighted by Crippen LogP contribution is -2.04. The number of benzene rings is 1. The van der Waals surface area contributed by atoms with E-state index in [9.17, 15) is 4.79 Å². The van der Waals surface area contributed by atoms with Gasteiger partial charge in [0.1, 0.15) is 0 Å². The molecule has 0 N–H and O–H groups in total. The van der Waals surface area contributed by atoms with Gasteiger partial charge >= 0.3 is 5.97 Å². The Labute approximate surface area is 86.8 Å². The van der Waals surface area contributed by atoms with E-state index >= 15 is 0 Å². The summed E-state index contributed by atoms with van der Waals surface area (Å²) in [7, 11) is 0. The molecule has 2 fully saturated rings. The van der Waals surface area contributed by atoms with Crippen molar-refractivity contribution in [1.82, 2.24) is 0 Å². The molecule has 3 rings (SSSR count). The van der Waals surface area contributed by atoms with Gasteiger partial charge in [-0.2, -0.15) is 0 Å². The predicted molar refractivity (Wildman–Crippen MR) is 52.1 cm³/mol. The zero-order valence-corrected chi connectivity index (χ0v) is 8.20. The van der Waals surface area contributed by atoms with Crippen molar-refractivity contribution in [3.05, 3.63) is 34.9 Å². The Hall–Kier alpha value is -1.02. The Kier molecular flexibility index (Phi) is 1.62. The molecule has 1 saturated heterocycles. The summed E-state index contributed by atoms with van der Waals surface area (Å²) < 4.78 is 4.93. The molecule has 0 amide bonds. The van der Waals surface area contributed by atoms with Crippen LogP contribution < -0.4 is 0 Å². The summed E-state index contributed by atoms with van der Waals surface area (Å²) in [6.45, 7) is 0.594. The van der Waals surface area contributed by atoms with Crippen LogP contribution in [0.2, 0.25) is 5.02 Å². The molecule has 1 aromatic rings. The zero-order valence-electron chi connectivity index (χ0n) is 7.44. The van der Waals surface area contributed by atoms with E-state index in [2.05, 4.69) is 0 Å². The molecule has 14 heavy (non-hydrogen) atoms. The summed E-state index contributed by atoms with van der Waals surface area (Å²) in [4.78, 5) is 11.2. The number of carbonyl (C=O) groups excluding carboxylic acids is 1. The van der Waals surface area contributed by atoms with Crippen LogP contribution >= 0.6 is 11.6 Å². The Morgan fingerprint density at radius 3 is 2.50 bits per heavy atom. The summed E-state index contributed by atoms with van der Waals surface area (Å²) in [5.74, 6) is 0.892. The second-order valence-corrected chi connectivity index (χ2v) is 4.33. The van der Waals surface area contributed by atoms with Gasteiger partial charge in [0.25, 0.3) is 0 Å². The summed E-state index contributed by atoms with van der Waals surface area (Å²) in [5.41, 5.74) is 1.21. The molecule has 1 aliphatic carbocycles. The van der Waals surface area contributed by atoms with E-state index in [0.717, 1.165) is 5.02 Å². The Balaban J connectivity index is 1.86. The largest absolute Gasteiger partial charge is 0.465 e. The Morgan fingerprint density at radius 1 is 1.21 bits per heavy atom. The van der Waals surface area contributed by atoms with Crippen LogP contribution in [0.3, 0.4) is 0 Å². The standard InChI is InChI=1S/C11H9ClO2/c12-7-3-1-6(2-4-7)9-8-5-14-11(13)10(8)9/h1-4,8-10H,5H2/t8-,9+,10-/m0/s1. The van der Waals surface area contributed by atoms with Crippen LogP contribution in [-0.2, 0) is 9.53 Å². The maximum atomic E-state index is 11.2. The molecule has 1 aromatic carbocycles. The lowest BCUT2D eigenvalue weighted by molar-refractivity contribution is -0.141. The number of fused-ring (bicyclic) bond motifs is 1. The number of carbonyl (C=O) groups is 1. The summed E-state index contributed by atoms with van der Waals surface area (Å²) in [5, 5.41) is 0.738. The topological polar surface area (TPSA) is 26.3 Å². The van der Waals surface area contributed by atoms with Crippen LogP contribution in [0.15, 0.2) is 24.3 Å². The smallest absolute Gasteiger partial charge is 0.310 e. The first kappa shape index (κ1) is 8.30. The first-order valence-electron chi connectivity index (χ1n) is 4.69. The fraction of sp³-hybridized carbons (Fsp3) is 0.364. The van der Waals surface area contributed by atoms with Crippen molar-refractivity contribution in [3.63, 3.8) is 0 Å². The van der Waals surface area contributed by atoms with Crippen molar-refractivity contribution in [2.75, 3.05) is 6.61 Å². The third kappa shape index (κ3) is 1.07. The molecule has 1 heterocycles. The van der Waals surface area contributed by atoms with E-state index in [4.69, 9.17) is 16.3 Å². The first-order chi connectivity index (χ1) is 6.77. The van der Waals surface area contributed by atoms with Crippen LogP contribution in [0, 0.1) is 11.8 Å². The third-order valence-electron chi connectivity index (χ3n) is 3.11. The molecular formula is C11H9ClO2. The maximum absolute atomic E-state index is 11.2. The van der Waals surface area contributed by atoms with Crippen LogP contribution in [0.4, 0.5) is 0 Å². The maximum Gasteiger partial charge on any atom is 0.310 e. The lowest BCUT2D eigenvalue weighted by atomic mass is 10.1. The molecular weight excluding hydrogens is 200 g/mol. The third-order valence-corrected chi connectivity index (χ3v) is 3.37. The normalized spacial score (nSPS) is 33.8. The van der Waals surface area contributed by atoms with E-state index in [1.807, 2.05) is 24.3 Å². The minimum Gasteiger partial charge on any atom is -0.465 e. The summed E-state index contributed by atoms with van der Waals surface area (Å²) >= 11 is 5.79. The quantitative estimate of drug-likeness (QED) is 0.662. The van der Waals surface area contributed by atoms with Gasteiger partial charge in [-0.15, -0.1) is 0 Å². The lowest BCUT2D eigenvalue weighted by Gasteiger charge is -2.03. The molecule has 0 spiro atoms. The van der Waals surface area contributed by atoms with Crippen molar-refractivity contribution in [3.8, 4) is 0 Å². The van der Waals surface area contributed by atoms with Crippen LogP contribution in [0.5, 0.6) is 0 Å². The molecule has 1 saturated carbocycles. The van der Waals surface area contributed by atoms with Crippen molar-refractivity contribution >= 4 is 17.6 Å². The van der Waals surface area contributed by atoms with Gasteiger partial charge in [-0.05, 0) is 17.7 Å². The van der Waals surface area contributed by atoms with E-state index in [0.29, 0.717) is 18.4 Å². The number of ether oxygens (including phenoxy) is 1. The molecule has 0 radical (unpaired) electrons. The summed E-state index contributed by atoms with van der Waals surface area (Å²) in [6.07, 6.45) is 0. The molecule has 1 aliphatic heterocycles. The minimum atomic E-state index is -0.0325. The zero-order chi connectivity index (χ0) is 9.71. The summed E-state index contributed by atoms with van der Waals surface area (Å²) in [6, 6.07) is 7.74. The van der Waals surface area contributed by atoms with Gasteiger partial charge in [0.2, 0.25) is 0 Å². The van der Waals surface area contributed by atoms with Gasteiger partial charge in [-0.1, -0.05) is 23.7 Å². The molecule has 0 unspecified atom stereocenters. The number of cyclic esters (lactones) is 1. The average molecular weight is 209 g/mol. The second kappa shape index (κ2) is 2.74. The van der Waals surface area contributed by atoms with Crippen LogP contribution in [-0.4, -0.2) is 12.6 Å². The van der Waals surface area contributed by atoms with Crippen LogP contribution in [0.1, 0.15) is 11.5 Å². The second-order valence-electron chi connectivity index (χ2n) is 3.90. The number of hydrogen-bond acceptors (Lipinski definition) is 2. The van der Waals surface area contributed by atoms with Gasteiger partial charge in [-0.25, -0.2) is 0 Å². The number of rotatable bonds is 1. The minimum absolute atomic E-state index is 0.0325. The first-order valence-corrected chi connectivity index (χ1v) is 5.07. The van der Waals surface area contributed by atoms with E-state index in [1.54, 1.807) is 0 Å². The van der Waals surface area contributed by atoms with Crippen molar-refractivity contribution in [2.24, 2.45) is 11.8 Å².